The Morgan fingerprint density at radius 1 is 1.43 bits per heavy atom. The number of carbonyl (C=O) groups excluding carboxylic acids is 1. The molecule has 0 aromatic carbocycles. The molecule has 2 aromatic rings. The van der Waals surface area contributed by atoms with Crippen molar-refractivity contribution in [2.24, 2.45) is 7.05 Å². The highest BCUT2D eigenvalue weighted by atomic mass is 16.5. The number of nitrogens with zero attached hydrogens (tertiary/aromatic N) is 3. The van der Waals surface area contributed by atoms with Gasteiger partial charge in [-0.05, 0) is 26.8 Å². The van der Waals surface area contributed by atoms with Gasteiger partial charge in [0.1, 0.15) is 11.3 Å². The number of aromatic nitrogens is 3. The molecule has 0 saturated heterocycles. The van der Waals surface area contributed by atoms with Gasteiger partial charge in [-0.25, -0.2) is 4.79 Å². The van der Waals surface area contributed by atoms with E-state index in [0.29, 0.717) is 0 Å². The van der Waals surface area contributed by atoms with Gasteiger partial charge in [0.25, 0.3) is 5.91 Å². The molecule has 0 aliphatic heterocycles. The van der Waals surface area contributed by atoms with Crippen LogP contribution in [0.2, 0.25) is 0 Å². The molecule has 0 aliphatic carbocycles. The fraction of sp³-hybridized carbons (Fsp3) is 0.385. The van der Waals surface area contributed by atoms with Gasteiger partial charge in [-0.2, -0.15) is 5.10 Å². The van der Waals surface area contributed by atoms with E-state index < -0.39 is 17.9 Å². The Kier molecular flexibility index (Phi) is 3.79. The van der Waals surface area contributed by atoms with Crippen molar-refractivity contribution in [1.29, 1.82) is 0 Å². The van der Waals surface area contributed by atoms with Crippen molar-refractivity contribution in [3.05, 3.63) is 34.5 Å². The predicted molar refractivity (Wildman–Crippen MR) is 72.0 cm³/mol. The van der Waals surface area contributed by atoms with E-state index in [2.05, 4.69) is 15.6 Å². The van der Waals surface area contributed by atoms with Crippen molar-refractivity contribution in [3.63, 3.8) is 0 Å². The van der Waals surface area contributed by atoms with E-state index in [-0.39, 0.29) is 22.7 Å². The maximum Gasteiger partial charge on any atom is 0.341 e. The van der Waals surface area contributed by atoms with Crippen LogP contribution in [0.1, 0.15) is 51.0 Å². The van der Waals surface area contributed by atoms with Crippen molar-refractivity contribution in [2.45, 2.75) is 26.8 Å². The summed E-state index contributed by atoms with van der Waals surface area (Å²) in [6, 6.07) is 1.01. The Bertz CT molecular complexity index is 682. The molecule has 0 spiro atoms. The standard InChI is InChI=1S/C13H16N4O4/c1-6-5-9(15-17(6)4)12(18)14-8(3)11-10(13(19)20)7(2)16-21-11/h5,8H,1-4H3,(H,14,18)(H,19,20)/t8-/m1/s1. The fourth-order valence-corrected chi connectivity index (χ4v) is 1.95. The quantitative estimate of drug-likeness (QED) is 0.876. The van der Waals surface area contributed by atoms with E-state index in [1.54, 1.807) is 24.7 Å². The second kappa shape index (κ2) is 5.39. The van der Waals surface area contributed by atoms with Crippen LogP contribution in [-0.2, 0) is 7.05 Å². The van der Waals surface area contributed by atoms with Gasteiger partial charge in [-0.15, -0.1) is 0 Å². The summed E-state index contributed by atoms with van der Waals surface area (Å²) >= 11 is 0. The Morgan fingerprint density at radius 3 is 2.62 bits per heavy atom. The lowest BCUT2D eigenvalue weighted by molar-refractivity contribution is 0.0690. The molecular weight excluding hydrogens is 276 g/mol. The number of hydrogen-bond donors (Lipinski definition) is 2. The Balaban J connectivity index is 2.20. The first-order valence-electron chi connectivity index (χ1n) is 6.32. The summed E-state index contributed by atoms with van der Waals surface area (Å²) in [7, 11) is 1.73. The van der Waals surface area contributed by atoms with E-state index in [1.807, 2.05) is 6.92 Å². The van der Waals surface area contributed by atoms with Crippen LogP contribution in [0.5, 0.6) is 0 Å². The first kappa shape index (κ1) is 14.8. The summed E-state index contributed by atoms with van der Waals surface area (Å²) in [6.45, 7) is 4.99. The zero-order chi connectivity index (χ0) is 15.7. The largest absolute Gasteiger partial charge is 0.477 e. The summed E-state index contributed by atoms with van der Waals surface area (Å²) in [5, 5.41) is 19.5. The van der Waals surface area contributed by atoms with Gasteiger partial charge in [0, 0.05) is 12.7 Å². The number of amides is 1. The highest BCUT2D eigenvalue weighted by Crippen LogP contribution is 2.21. The minimum absolute atomic E-state index is 0.0278. The molecule has 2 N–H and O–H groups in total. The molecule has 2 aromatic heterocycles. The molecule has 8 heteroatoms. The van der Waals surface area contributed by atoms with E-state index >= 15 is 0 Å². The third kappa shape index (κ3) is 2.78. The van der Waals surface area contributed by atoms with Crippen molar-refractivity contribution in [2.75, 3.05) is 0 Å². The Morgan fingerprint density at radius 2 is 2.10 bits per heavy atom. The highest BCUT2D eigenvalue weighted by molar-refractivity contribution is 5.93. The average Bonchev–Trinajstić information content (AvgIpc) is 2.93. The number of carboxylic acid groups (broad SMARTS) is 1. The van der Waals surface area contributed by atoms with Crippen LogP contribution in [0.4, 0.5) is 0 Å². The molecule has 21 heavy (non-hydrogen) atoms. The van der Waals surface area contributed by atoms with Crippen molar-refractivity contribution in [1.82, 2.24) is 20.3 Å². The first-order valence-corrected chi connectivity index (χ1v) is 6.32. The van der Waals surface area contributed by atoms with E-state index in [9.17, 15) is 9.59 Å². The molecule has 0 aliphatic rings. The summed E-state index contributed by atoms with van der Waals surface area (Å²) < 4.78 is 6.60. The number of aryl methyl sites for hydroxylation is 3. The van der Waals surface area contributed by atoms with Gasteiger partial charge in [-0.1, -0.05) is 5.16 Å². The van der Waals surface area contributed by atoms with Crippen molar-refractivity contribution < 1.29 is 19.2 Å². The fourth-order valence-electron chi connectivity index (χ4n) is 1.95. The lowest BCUT2D eigenvalue weighted by Crippen LogP contribution is -2.28. The number of carboxylic acids is 1. The van der Waals surface area contributed by atoms with E-state index in [0.717, 1.165) is 5.69 Å². The topological polar surface area (TPSA) is 110 Å². The van der Waals surface area contributed by atoms with Crippen LogP contribution in [-0.4, -0.2) is 31.9 Å². The first-order chi connectivity index (χ1) is 9.81. The third-order valence-electron chi connectivity index (χ3n) is 3.19. The Hall–Kier alpha value is -2.64. The smallest absolute Gasteiger partial charge is 0.341 e. The second-order valence-electron chi connectivity index (χ2n) is 4.80. The van der Waals surface area contributed by atoms with E-state index in [4.69, 9.17) is 9.63 Å². The number of aromatic carboxylic acids is 1. The molecule has 0 saturated carbocycles. The number of hydrogen-bond acceptors (Lipinski definition) is 5. The van der Waals surface area contributed by atoms with Crippen molar-refractivity contribution >= 4 is 11.9 Å². The van der Waals surface area contributed by atoms with Crippen LogP contribution in [0.15, 0.2) is 10.6 Å². The number of carbonyl (C=O) groups is 2. The molecule has 0 unspecified atom stereocenters. The lowest BCUT2D eigenvalue weighted by Gasteiger charge is -2.10. The van der Waals surface area contributed by atoms with Crippen LogP contribution >= 0.6 is 0 Å². The zero-order valence-electron chi connectivity index (χ0n) is 12.2. The van der Waals surface area contributed by atoms with Crippen molar-refractivity contribution in [3.8, 4) is 0 Å². The Labute approximate surface area is 120 Å². The highest BCUT2D eigenvalue weighted by Gasteiger charge is 2.26. The van der Waals surface area contributed by atoms with Crippen LogP contribution < -0.4 is 5.32 Å². The van der Waals surface area contributed by atoms with Gasteiger partial charge in [0.05, 0.1) is 11.7 Å². The lowest BCUT2D eigenvalue weighted by atomic mass is 10.1. The normalized spacial score (nSPS) is 12.2. The second-order valence-corrected chi connectivity index (χ2v) is 4.80. The molecule has 1 atom stereocenters. The SMILES string of the molecule is Cc1noc([C@@H](C)NC(=O)c2cc(C)n(C)n2)c1C(=O)O. The molecular formula is C13H16N4O4. The van der Waals surface area contributed by atoms with E-state index in [1.165, 1.54) is 6.92 Å². The van der Waals surface area contributed by atoms with Gasteiger partial charge in [-0.3, -0.25) is 9.48 Å². The van der Waals surface area contributed by atoms with Gasteiger partial charge >= 0.3 is 5.97 Å². The third-order valence-corrected chi connectivity index (χ3v) is 3.19. The molecule has 112 valence electrons. The maximum atomic E-state index is 12.1. The van der Waals surface area contributed by atoms with Gasteiger partial charge in [0.2, 0.25) is 0 Å². The van der Waals surface area contributed by atoms with Gasteiger partial charge in [0.15, 0.2) is 5.76 Å². The molecule has 0 fully saturated rings. The summed E-state index contributed by atoms with van der Waals surface area (Å²) in [5.74, 6) is -1.43. The molecule has 2 heterocycles. The minimum atomic E-state index is -1.14. The number of nitrogens with one attached hydrogen (secondary N) is 1. The predicted octanol–water partition coefficient (Wildman–Crippen LogP) is 1.21. The maximum absolute atomic E-state index is 12.1. The molecule has 0 bridgehead atoms. The molecule has 1 amide bonds. The molecule has 2 rings (SSSR count). The molecule has 0 radical (unpaired) electrons. The molecule has 8 nitrogen and oxygen atoms in total. The van der Waals surface area contributed by atoms with Crippen LogP contribution in [0.25, 0.3) is 0 Å². The summed E-state index contributed by atoms with van der Waals surface area (Å²) in [5.41, 5.74) is 1.34. The summed E-state index contributed by atoms with van der Waals surface area (Å²) in [6.07, 6.45) is 0. The van der Waals surface area contributed by atoms with Crippen LogP contribution in [0.3, 0.4) is 0 Å². The zero-order valence-corrected chi connectivity index (χ0v) is 12.2. The monoisotopic (exact) mass is 292 g/mol. The van der Waals surface area contributed by atoms with Crippen LogP contribution in [0, 0.1) is 13.8 Å². The van der Waals surface area contributed by atoms with Gasteiger partial charge < -0.3 is 14.9 Å². The number of rotatable bonds is 4. The average molecular weight is 292 g/mol. The minimum Gasteiger partial charge on any atom is -0.477 e. The summed E-state index contributed by atoms with van der Waals surface area (Å²) in [4.78, 5) is 23.3.